The maximum atomic E-state index is 11.6. The first-order valence-corrected chi connectivity index (χ1v) is 7.07. The molecule has 2 saturated heterocycles. The van der Waals surface area contributed by atoms with E-state index >= 15 is 0 Å². The lowest BCUT2D eigenvalue weighted by Gasteiger charge is -2.41. The van der Waals surface area contributed by atoms with Crippen molar-refractivity contribution in [3.8, 4) is 0 Å². The van der Waals surface area contributed by atoms with Crippen molar-refractivity contribution in [3.05, 3.63) is 0 Å². The zero-order valence-corrected chi connectivity index (χ0v) is 11.5. The van der Waals surface area contributed by atoms with Gasteiger partial charge in [0.1, 0.15) is 0 Å². The number of carbonyl (C=O) groups excluding carboxylic acids is 1. The standard InChI is InChI=1S/C13H25N3O2/c1-3-18-13(17)16-6-4-15(5-7-16)12-8-11(2)9-14-10-12/h11-12,14H,3-10H2,1-2H3. The van der Waals surface area contributed by atoms with Crippen LogP contribution in [0.4, 0.5) is 4.79 Å². The quantitative estimate of drug-likeness (QED) is 0.791. The molecule has 2 aliphatic rings. The van der Waals surface area contributed by atoms with Crippen molar-refractivity contribution in [1.29, 1.82) is 0 Å². The van der Waals surface area contributed by atoms with Gasteiger partial charge in [-0.05, 0) is 25.8 Å². The van der Waals surface area contributed by atoms with Crippen LogP contribution in [0.3, 0.4) is 0 Å². The molecule has 104 valence electrons. The van der Waals surface area contributed by atoms with Crippen LogP contribution in [-0.4, -0.2) is 67.8 Å². The van der Waals surface area contributed by atoms with Gasteiger partial charge in [-0.2, -0.15) is 0 Å². The molecule has 0 aromatic rings. The van der Waals surface area contributed by atoms with E-state index in [2.05, 4.69) is 17.1 Å². The van der Waals surface area contributed by atoms with E-state index in [1.165, 1.54) is 6.42 Å². The molecule has 1 amide bonds. The maximum absolute atomic E-state index is 11.6. The zero-order valence-electron chi connectivity index (χ0n) is 11.5. The molecule has 2 unspecified atom stereocenters. The summed E-state index contributed by atoms with van der Waals surface area (Å²) in [5.41, 5.74) is 0. The van der Waals surface area contributed by atoms with Crippen molar-refractivity contribution in [2.45, 2.75) is 26.3 Å². The van der Waals surface area contributed by atoms with Gasteiger partial charge in [0.15, 0.2) is 0 Å². The third kappa shape index (κ3) is 3.36. The first-order chi connectivity index (χ1) is 8.70. The Morgan fingerprint density at radius 2 is 2.00 bits per heavy atom. The maximum Gasteiger partial charge on any atom is 0.409 e. The molecule has 1 N–H and O–H groups in total. The number of hydrogen-bond donors (Lipinski definition) is 1. The Kier molecular flexibility index (Phi) is 4.83. The van der Waals surface area contributed by atoms with Gasteiger partial charge in [-0.25, -0.2) is 4.79 Å². The van der Waals surface area contributed by atoms with Gasteiger partial charge >= 0.3 is 6.09 Å². The molecule has 0 bridgehead atoms. The van der Waals surface area contributed by atoms with Gasteiger partial charge in [0.05, 0.1) is 6.61 Å². The smallest absolute Gasteiger partial charge is 0.409 e. The highest BCUT2D eigenvalue weighted by Gasteiger charge is 2.29. The Labute approximate surface area is 109 Å². The van der Waals surface area contributed by atoms with E-state index in [1.807, 2.05) is 11.8 Å². The number of carbonyl (C=O) groups is 1. The van der Waals surface area contributed by atoms with E-state index in [-0.39, 0.29) is 6.09 Å². The number of rotatable bonds is 2. The van der Waals surface area contributed by atoms with Crippen molar-refractivity contribution < 1.29 is 9.53 Å². The number of nitrogens with zero attached hydrogens (tertiary/aromatic N) is 2. The highest BCUT2D eigenvalue weighted by atomic mass is 16.6. The Bertz CT molecular complexity index is 277. The monoisotopic (exact) mass is 255 g/mol. The van der Waals surface area contributed by atoms with Crippen LogP contribution in [0.2, 0.25) is 0 Å². The Morgan fingerprint density at radius 3 is 2.61 bits per heavy atom. The molecule has 0 radical (unpaired) electrons. The second-order valence-corrected chi connectivity index (χ2v) is 5.37. The molecule has 5 nitrogen and oxygen atoms in total. The van der Waals surface area contributed by atoms with Gasteiger partial charge in [-0.1, -0.05) is 6.92 Å². The van der Waals surface area contributed by atoms with E-state index < -0.39 is 0 Å². The van der Waals surface area contributed by atoms with Crippen LogP contribution >= 0.6 is 0 Å². The minimum absolute atomic E-state index is 0.160. The topological polar surface area (TPSA) is 44.8 Å². The summed E-state index contributed by atoms with van der Waals surface area (Å²) in [5, 5.41) is 3.49. The Hall–Kier alpha value is -0.810. The predicted octanol–water partition coefficient (Wildman–Crippen LogP) is 0.759. The van der Waals surface area contributed by atoms with Crippen LogP contribution < -0.4 is 5.32 Å². The lowest BCUT2D eigenvalue weighted by molar-refractivity contribution is 0.0564. The van der Waals surface area contributed by atoms with Crippen LogP contribution in [0.5, 0.6) is 0 Å². The molecule has 5 heteroatoms. The fourth-order valence-electron chi connectivity index (χ4n) is 2.89. The molecule has 2 rings (SSSR count). The molecule has 0 spiro atoms. The van der Waals surface area contributed by atoms with E-state index in [0.29, 0.717) is 12.6 Å². The third-order valence-corrected chi connectivity index (χ3v) is 3.90. The van der Waals surface area contributed by atoms with Gasteiger partial charge in [0, 0.05) is 38.8 Å². The molecule has 0 aromatic heterocycles. The SMILES string of the molecule is CCOC(=O)N1CCN(C2CNCC(C)C2)CC1. The highest BCUT2D eigenvalue weighted by molar-refractivity contribution is 5.67. The Morgan fingerprint density at radius 1 is 1.28 bits per heavy atom. The van der Waals surface area contributed by atoms with Gasteiger partial charge in [0.25, 0.3) is 0 Å². The normalized spacial score (nSPS) is 30.2. The van der Waals surface area contributed by atoms with Crippen molar-refractivity contribution in [2.75, 3.05) is 45.9 Å². The van der Waals surface area contributed by atoms with E-state index in [0.717, 1.165) is 45.2 Å². The van der Waals surface area contributed by atoms with Crippen molar-refractivity contribution in [2.24, 2.45) is 5.92 Å². The molecule has 0 aliphatic carbocycles. The lowest BCUT2D eigenvalue weighted by atomic mass is 9.96. The number of hydrogen-bond acceptors (Lipinski definition) is 4. The molecule has 2 heterocycles. The first kappa shape index (κ1) is 13.6. The van der Waals surface area contributed by atoms with Gasteiger partial charge in [-0.15, -0.1) is 0 Å². The van der Waals surface area contributed by atoms with Crippen molar-refractivity contribution in [3.63, 3.8) is 0 Å². The number of nitrogens with one attached hydrogen (secondary N) is 1. The summed E-state index contributed by atoms with van der Waals surface area (Å²) in [6.45, 7) is 10.4. The first-order valence-electron chi connectivity index (χ1n) is 7.07. The number of amides is 1. The summed E-state index contributed by atoms with van der Waals surface area (Å²) in [4.78, 5) is 15.9. The molecular formula is C13H25N3O2. The van der Waals surface area contributed by atoms with Gasteiger partial charge in [0.2, 0.25) is 0 Å². The largest absolute Gasteiger partial charge is 0.450 e. The van der Waals surface area contributed by atoms with E-state index in [4.69, 9.17) is 4.74 Å². The Balaban J connectivity index is 1.77. The second-order valence-electron chi connectivity index (χ2n) is 5.37. The fourth-order valence-corrected chi connectivity index (χ4v) is 2.89. The highest BCUT2D eigenvalue weighted by Crippen LogP contribution is 2.17. The number of ether oxygens (including phenoxy) is 1. The summed E-state index contributed by atoms with van der Waals surface area (Å²) < 4.78 is 5.04. The van der Waals surface area contributed by atoms with E-state index in [1.54, 1.807) is 0 Å². The summed E-state index contributed by atoms with van der Waals surface area (Å²) in [5.74, 6) is 0.756. The average Bonchev–Trinajstić information content (AvgIpc) is 2.39. The van der Waals surface area contributed by atoms with Crippen LogP contribution in [0, 0.1) is 5.92 Å². The van der Waals surface area contributed by atoms with Crippen molar-refractivity contribution >= 4 is 6.09 Å². The lowest BCUT2D eigenvalue weighted by Crippen LogP contribution is -2.56. The van der Waals surface area contributed by atoms with Crippen LogP contribution in [0.1, 0.15) is 20.3 Å². The molecular weight excluding hydrogens is 230 g/mol. The predicted molar refractivity (Wildman–Crippen MR) is 70.6 cm³/mol. The molecule has 2 aliphatic heterocycles. The summed E-state index contributed by atoms with van der Waals surface area (Å²) in [7, 11) is 0. The van der Waals surface area contributed by atoms with Crippen LogP contribution in [0.25, 0.3) is 0 Å². The number of piperazine rings is 1. The summed E-state index contributed by atoms with van der Waals surface area (Å²) in [6, 6.07) is 0.637. The minimum Gasteiger partial charge on any atom is -0.450 e. The van der Waals surface area contributed by atoms with Crippen LogP contribution in [-0.2, 0) is 4.74 Å². The molecule has 2 fully saturated rings. The third-order valence-electron chi connectivity index (χ3n) is 3.90. The summed E-state index contributed by atoms with van der Waals surface area (Å²) >= 11 is 0. The van der Waals surface area contributed by atoms with Gasteiger partial charge in [-0.3, -0.25) is 4.90 Å². The average molecular weight is 255 g/mol. The molecule has 0 aromatic carbocycles. The van der Waals surface area contributed by atoms with Crippen molar-refractivity contribution in [1.82, 2.24) is 15.1 Å². The van der Waals surface area contributed by atoms with Crippen LogP contribution in [0.15, 0.2) is 0 Å². The van der Waals surface area contributed by atoms with E-state index in [9.17, 15) is 4.79 Å². The molecule has 2 atom stereocenters. The second kappa shape index (κ2) is 6.38. The number of piperidine rings is 1. The zero-order chi connectivity index (χ0) is 13.0. The molecule has 0 saturated carbocycles. The fraction of sp³-hybridized carbons (Fsp3) is 0.923. The van der Waals surface area contributed by atoms with Gasteiger partial charge < -0.3 is 15.0 Å². The summed E-state index contributed by atoms with van der Waals surface area (Å²) in [6.07, 6.45) is 1.11. The minimum atomic E-state index is -0.160. The molecule has 18 heavy (non-hydrogen) atoms.